The number of aliphatic hydroxyl groups excluding tert-OH is 1. The molecule has 7 heteroatoms. The first-order valence-corrected chi connectivity index (χ1v) is 7.98. The average Bonchev–Trinajstić information content (AvgIpc) is 2.21. The molecule has 0 bridgehead atoms. The summed E-state index contributed by atoms with van der Waals surface area (Å²) >= 11 is 0. The molecule has 0 aromatic carbocycles. The smallest absolute Gasteiger partial charge is 0.238 e. The van der Waals surface area contributed by atoms with Crippen molar-refractivity contribution in [1.82, 2.24) is 10.0 Å². The number of carbonyl (C=O) groups is 1. The molecule has 0 spiro atoms. The molecule has 6 nitrogen and oxygen atoms in total. The third-order valence-electron chi connectivity index (χ3n) is 2.36. The molecule has 0 saturated heterocycles. The zero-order chi connectivity index (χ0) is 14.3. The van der Waals surface area contributed by atoms with Crippen LogP contribution in [-0.4, -0.2) is 44.4 Å². The van der Waals surface area contributed by atoms with E-state index in [0.717, 1.165) is 6.26 Å². The van der Waals surface area contributed by atoms with Gasteiger partial charge in [0.05, 0.1) is 12.4 Å². The molecule has 0 radical (unpaired) electrons. The van der Waals surface area contributed by atoms with E-state index in [2.05, 4.69) is 10.0 Å². The fraction of sp³-hybridized carbons (Fsp3) is 0.909. The molecule has 18 heavy (non-hydrogen) atoms. The van der Waals surface area contributed by atoms with Crippen molar-refractivity contribution in [2.45, 2.75) is 45.8 Å². The second-order valence-corrected chi connectivity index (χ2v) is 6.66. The second-order valence-electron chi connectivity index (χ2n) is 4.88. The van der Waals surface area contributed by atoms with Gasteiger partial charge in [0.25, 0.3) is 0 Å². The van der Waals surface area contributed by atoms with Gasteiger partial charge in [0.15, 0.2) is 0 Å². The zero-order valence-electron chi connectivity index (χ0n) is 11.4. The molecule has 0 saturated carbocycles. The van der Waals surface area contributed by atoms with E-state index < -0.39 is 28.1 Å². The number of hydrogen-bond donors (Lipinski definition) is 3. The van der Waals surface area contributed by atoms with Gasteiger partial charge in [-0.2, -0.15) is 0 Å². The van der Waals surface area contributed by atoms with E-state index in [0.29, 0.717) is 12.8 Å². The topological polar surface area (TPSA) is 95.5 Å². The van der Waals surface area contributed by atoms with Gasteiger partial charge in [0.2, 0.25) is 15.9 Å². The lowest BCUT2D eigenvalue weighted by molar-refractivity contribution is -0.123. The summed E-state index contributed by atoms with van der Waals surface area (Å²) in [6.07, 6.45) is 1.37. The van der Waals surface area contributed by atoms with Crippen LogP contribution in [0.1, 0.15) is 33.6 Å². The van der Waals surface area contributed by atoms with Crippen molar-refractivity contribution in [2.24, 2.45) is 5.92 Å². The standard InChI is InChI=1S/C11H24N2O4S/c1-5-9(14)7-12-11(15)10(6-8(2)3)13-18(4,16)17/h8-10,13-14H,5-7H2,1-4H3,(H,12,15). The lowest BCUT2D eigenvalue weighted by Gasteiger charge is -2.19. The van der Waals surface area contributed by atoms with Gasteiger partial charge in [-0.1, -0.05) is 20.8 Å². The zero-order valence-corrected chi connectivity index (χ0v) is 12.3. The summed E-state index contributed by atoms with van der Waals surface area (Å²) in [4.78, 5) is 11.8. The van der Waals surface area contributed by atoms with Crippen molar-refractivity contribution in [3.8, 4) is 0 Å². The largest absolute Gasteiger partial charge is 0.391 e. The molecule has 1 amide bonds. The lowest BCUT2D eigenvalue weighted by Crippen LogP contribution is -2.48. The molecule has 0 aromatic rings. The maximum atomic E-state index is 11.8. The predicted molar refractivity (Wildman–Crippen MR) is 70.5 cm³/mol. The Bertz CT molecular complexity index is 354. The average molecular weight is 280 g/mol. The molecule has 0 aliphatic rings. The summed E-state index contributed by atoms with van der Waals surface area (Å²) in [6.45, 7) is 5.75. The molecule has 2 atom stereocenters. The SMILES string of the molecule is CCC(O)CNC(=O)C(CC(C)C)NS(C)(=O)=O. The number of sulfonamides is 1. The highest BCUT2D eigenvalue weighted by Gasteiger charge is 2.23. The van der Waals surface area contributed by atoms with Crippen LogP contribution in [0.4, 0.5) is 0 Å². The molecule has 0 aromatic heterocycles. The van der Waals surface area contributed by atoms with Crippen molar-refractivity contribution >= 4 is 15.9 Å². The van der Waals surface area contributed by atoms with Gasteiger partial charge < -0.3 is 10.4 Å². The third-order valence-corrected chi connectivity index (χ3v) is 3.08. The Hall–Kier alpha value is -0.660. The van der Waals surface area contributed by atoms with E-state index in [1.807, 2.05) is 13.8 Å². The predicted octanol–water partition coefficient (Wildman–Crippen LogP) is -0.163. The molecule has 0 aliphatic heterocycles. The fourth-order valence-electron chi connectivity index (χ4n) is 1.42. The number of rotatable bonds is 8. The number of hydrogen-bond acceptors (Lipinski definition) is 4. The Morgan fingerprint density at radius 3 is 2.28 bits per heavy atom. The van der Waals surface area contributed by atoms with E-state index in [-0.39, 0.29) is 12.5 Å². The Morgan fingerprint density at radius 2 is 1.89 bits per heavy atom. The fourth-order valence-corrected chi connectivity index (χ4v) is 2.14. The number of carbonyl (C=O) groups excluding carboxylic acids is 1. The Morgan fingerprint density at radius 1 is 1.33 bits per heavy atom. The van der Waals surface area contributed by atoms with Crippen LogP contribution in [0.2, 0.25) is 0 Å². The summed E-state index contributed by atoms with van der Waals surface area (Å²) in [6, 6.07) is -0.788. The van der Waals surface area contributed by atoms with Gasteiger partial charge in [-0.15, -0.1) is 0 Å². The van der Waals surface area contributed by atoms with Crippen LogP contribution in [-0.2, 0) is 14.8 Å². The maximum absolute atomic E-state index is 11.8. The number of nitrogens with one attached hydrogen (secondary N) is 2. The molecule has 0 aliphatic carbocycles. The van der Waals surface area contributed by atoms with Gasteiger partial charge >= 0.3 is 0 Å². The van der Waals surface area contributed by atoms with Crippen LogP contribution in [0.15, 0.2) is 0 Å². The summed E-state index contributed by atoms with van der Waals surface area (Å²) in [5.74, 6) is -0.215. The van der Waals surface area contributed by atoms with Gasteiger partial charge in [0, 0.05) is 6.54 Å². The molecule has 108 valence electrons. The Balaban J connectivity index is 4.50. The Labute approximate surface area is 109 Å². The minimum Gasteiger partial charge on any atom is -0.391 e. The highest BCUT2D eigenvalue weighted by molar-refractivity contribution is 7.88. The third kappa shape index (κ3) is 8.43. The summed E-state index contributed by atoms with van der Waals surface area (Å²) in [5.41, 5.74) is 0. The van der Waals surface area contributed by atoms with Crippen molar-refractivity contribution in [3.63, 3.8) is 0 Å². The maximum Gasteiger partial charge on any atom is 0.238 e. The Kier molecular flexibility index (Phi) is 7.42. The number of aliphatic hydroxyl groups is 1. The van der Waals surface area contributed by atoms with E-state index in [1.165, 1.54) is 0 Å². The lowest BCUT2D eigenvalue weighted by atomic mass is 10.0. The minimum atomic E-state index is -3.43. The first-order chi connectivity index (χ1) is 8.15. The van der Waals surface area contributed by atoms with Crippen LogP contribution < -0.4 is 10.0 Å². The van der Waals surface area contributed by atoms with Crippen LogP contribution >= 0.6 is 0 Å². The van der Waals surface area contributed by atoms with Gasteiger partial charge in [-0.05, 0) is 18.8 Å². The minimum absolute atomic E-state index is 0.134. The summed E-state index contributed by atoms with van der Waals surface area (Å²) < 4.78 is 24.7. The summed E-state index contributed by atoms with van der Waals surface area (Å²) in [5, 5.41) is 11.9. The van der Waals surface area contributed by atoms with Crippen LogP contribution in [0.5, 0.6) is 0 Å². The van der Waals surface area contributed by atoms with Crippen LogP contribution in [0, 0.1) is 5.92 Å². The van der Waals surface area contributed by atoms with E-state index >= 15 is 0 Å². The molecule has 3 N–H and O–H groups in total. The molecule has 0 fully saturated rings. The molecule has 0 heterocycles. The van der Waals surface area contributed by atoms with Gasteiger partial charge in [-0.3, -0.25) is 4.79 Å². The van der Waals surface area contributed by atoms with E-state index in [1.54, 1.807) is 6.92 Å². The monoisotopic (exact) mass is 280 g/mol. The van der Waals surface area contributed by atoms with Crippen molar-refractivity contribution in [3.05, 3.63) is 0 Å². The van der Waals surface area contributed by atoms with Crippen molar-refractivity contribution in [2.75, 3.05) is 12.8 Å². The normalized spacial score (nSPS) is 15.4. The molecule has 2 unspecified atom stereocenters. The quantitative estimate of drug-likeness (QED) is 0.575. The van der Waals surface area contributed by atoms with Crippen LogP contribution in [0.25, 0.3) is 0 Å². The highest BCUT2D eigenvalue weighted by atomic mass is 32.2. The van der Waals surface area contributed by atoms with Gasteiger partial charge in [-0.25, -0.2) is 13.1 Å². The van der Waals surface area contributed by atoms with Crippen molar-refractivity contribution < 1.29 is 18.3 Å². The molecular formula is C11H24N2O4S. The van der Waals surface area contributed by atoms with E-state index in [9.17, 15) is 18.3 Å². The highest BCUT2D eigenvalue weighted by Crippen LogP contribution is 2.06. The van der Waals surface area contributed by atoms with Gasteiger partial charge in [0.1, 0.15) is 6.04 Å². The van der Waals surface area contributed by atoms with Crippen LogP contribution in [0.3, 0.4) is 0 Å². The first kappa shape index (κ1) is 17.3. The number of amides is 1. The summed E-state index contributed by atoms with van der Waals surface area (Å²) in [7, 11) is -3.43. The first-order valence-electron chi connectivity index (χ1n) is 6.08. The second kappa shape index (κ2) is 7.70. The molecule has 0 rings (SSSR count). The van der Waals surface area contributed by atoms with Crippen molar-refractivity contribution in [1.29, 1.82) is 0 Å². The molecular weight excluding hydrogens is 256 g/mol. The van der Waals surface area contributed by atoms with E-state index in [4.69, 9.17) is 0 Å².